The van der Waals surface area contributed by atoms with Gasteiger partial charge >= 0.3 is 0 Å². The molecule has 0 saturated carbocycles. The highest BCUT2D eigenvalue weighted by molar-refractivity contribution is 7.14. The summed E-state index contributed by atoms with van der Waals surface area (Å²) >= 11 is 1.10. The molecule has 194 valence electrons. The monoisotopic (exact) mass is 545 g/mol. The number of benzene rings is 1. The van der Waals surface area contributed by atoms with Gasteiger partial charge in [-0.25, -0.2) is 4.98 Å². The number of hydrogen-bond donors (Lipinski definition) is 3. The van der Waals surface area contributed by atoms with Gasteiger partial charge in [-0.1, -0.05) is 30.3 Å². The van der Waals surface area contributed by atoms with Gasteiger partial charge in [-0.15, -0.1) is 11.3 Å². The Kier molecular flexibility index (Phi) is 5.86. The Morgan fingerprint density at radius 1 is 0.950 bits per heavy atom. The Bertz CT molecular complexity index is 2010. The van der Waals surface area contributed by atoms with Crippen LogP contribution in [0.2, 0.25) is 0 Å². The van der Waals surface area contributed by atoms with Gasteiger partial charge in [0.1, 0.15) is 11.3 Å². The smallest absolute Gasteiger partial charge is 0.228 e. The molecule has 0 unspecified atom stereocenters. The molecule has 1 aromatic carbocycles. The van der Waals surface area contributed by atoms with Gasteiger partial charge in [0.15, 0.2) is 5.13 Å². The zero-order valence-electron chi connectivity index (χ0n) is 20.9. The molecule has 0 bridgehead atoms. The van der Waals surface area contributed by atoms with E-state index < -0.39 is 0 Å². The van der Waals surface area contributed by atoms with Crippen LogP contribution in [-0.2, 0) is 11.2 Å². The summed E-state index contributed by atoms with van der Waals surface area (Å²) in [6.45, 7) is 0. The molecule has 40 heavy (non-hydrogen) atoms. The molecule has 0 radical (unpaired) electrons. The first-order valence-corrected chi connectivity index (χ1v) is 13.3. The van der Waals surface area contributed by atoms with Crippen LogP contribution in [0.15, 0.2) is 91.5 Å². The summed E-state index contributed by atoms with van der Waals surface area (Å²) in [6.07, 6.45) is 7.03. The minimum atomic E-state index is -0.233. The van der Waals surface area contributed by atoms with E-state index in [1.807, 2.05) is 54.6 Å². The number of aromatic nitrogens is 6. The van der Waals surface area contributed by atoms with Gasteiger partial charge in [-0.05, 0) is 42.0 Å². The predicted octanol–water partition coefficient (Wildman–Crippen LogP) is 6.61. The molecule has 10 heteroatoms. The van der Waals surface area contributed by atoms with Crippen molar-refractivity contribution in [1.29, 1.82) is 0 Å². The first kappa shape index (κ1) is 23.9. The summed E-state index contributed by atoms with van der Waals surface area (Å²) in [5, 5.41) is 12.0. The van der Waals surface area contributed by atoms with E-state index in [2.05, 4.69) is 35.5 Å². The Hall–Kier alpha value is -5.22. The maximum atomic E-state index is 13.7. The van der Waals surface area contributed by atoms with E-state index in [-0.39, 0.29) is 17.5 Å². The molecule has 7 rings (SSSR count). The molecule has 0 atom stereocenters. The van der Waals surface area contributed by atoms with Gasteiger partial charge in [0.05, 0.1) is 41.4 Å². The van der Waals surface area contributed by atoms with Crippen molar-refractivity contribution in [1.82, 2.24) is 30.1 Å². The van der Waals surface area contributed by atoms with Crippen LogP contribution in [0.25, 0.3) is 55.0 Å². The lowest BCUT2D eigenvalue weighted by Crippen LogP contribution is -2.14. The second kappa shape index (κ2) is 9.83. The van der Waals surface area contributed by atoms with Gasteiger partial charge in [-0.3, -0.25) is 19.9 Å². The number of hydrogen-bond acceptors (Lipinski definition) is 6. The second-order valence-corrected chi connectivity index (χ2v) is 10.3. The lowest BCUT2D eigenvalue weighted by molar-refractivity contribution is -0.115. The molecule has 0 aliphatic heterocycles. The average Bonchev–Trinajstić information content (AvgIpc) is 3.71. The molecule has 0 saturated heterocycles. The fourth-order valence-electron chi connectivity index (χ4n) is 4.74. The highest BCUT2D eigenvalue weighted by Gasteiger charge is 2.16. The molecule has 0 aliphatic rings. The van der Waals surface area contributed by atoms with Crippen LogP contribution < -0.4 is 5.32 Å². The molecule has 7 aromatic rings. The number of carbonyl (C=O) groups excluding carboxylic acids is 1. The van der Waals surface area contributed by atoms with Crippen molar-refractivity contribution >= 4 is 44.9 Å². The number of nitrogens with one attached hydrogen (secondary N) is 3. The summed E-state index contributed by atoms with van der Waals surface area (Å²) in [5.41, 5.74) is 6.81. The first-order chi connectivity index (χ1) is 19.6. The van der Waals surface area contributed by atoms with Crippen LogP contribution in [0.5, 0.6) is 0 Å². The molecule has 1 amide bonds. The summed E-state index contributed by atoms with van der Waals surface area (Å²) in [6, 6.07) is 20.5. The van der Waals surface area contributed by atoms with Gasteiger partial charge in [-0.2, -0.15) is 9.49 Å². The van der Waals surface area contributed by atoms with E-state index in [1.165, 1.54) is 6.07 Å². The van der Waals surface area contributed by atoms with Gasteiger partial charge in [0, 0.05) is 39.2 Å². The lowest BCUT2D eigenvalue weighted by atomic mass is 10.1. The molecule has 8 nitrogen and oxygen atoms in total. The maximum absolute atomic E-state index is 13.7. The zero-order valence-corrected chi connectivity index (χ0v) is 21.7. The third-order valence-corrected chi connectivity index (χ3v) is 7.51. The molecular weight excluding hydrogens is 525 g/mol. The number of rotatable bonds is 6. The first-order valence-electron chi connectivity index (χ1n) is 12.5. The molecule has 3 N–H and O–H groups in total. The Morgan fingerprint density at radius 3 is 2.70 bits per heavy atom. The number of thiophene rings is 1. The van der Waals surface area contributed by atoms with E-state index in [1.54, 1.807) is 30.9 Å². The number of carbonyl (C=O) groups is 1. The van der Waals surface area contributed by atoms with Crippen LogP contribution >= 0.6 is 11.3 Å². The minimum Gasteiger partial charge on any atom is -0.338 e. The molecule has 0 aliphatic carbocycles. The van der Waals surface area contributed by atoms with E-state index in [4.69, 9.17) is 0 Å². The number of anilines is 1. The van der Waals surface area contributed by atoms with Crippen LogP contribution in [0.1, 0.15) is 5.56 Å². The third-order valence-electron chi connectivity index (χ3n) is 6.60. The quantitative estimate of drug-likeness (QED) is 0.218. The lowest BCUT2D eigenvalue weighted by Gasteiger charge is -2.07. The Balaban J connectivity index is 1.21. The maximum Gasteiger partial charge on any atom is 0.228 e. The van der Waals surface area contributed by atoms with Crippen molar-refractivity contribution in [2.24, 2.45) is 0 Å². The highest BCUT2D eigenvalue weighted by atomic mass is 32.1. The van der Waals surface area contributed by atoms with Crippen molar-refractivity contribution in [2.75, 3.05) is 5.32 Å². The van der Waals surface area contributed by atoms with Crippen LogP contribution in [0, 0.1) is 5.13 Å². The number of nitrogens with zero attached hydrogens (tertiary/aromatic N) is 4. The molecule has 0 spiro atoms. The number of pyridine rings is 3. The number of fused-ring (bicyclic) bond motifs is 2. The van der Waals surface area contributed by atoms with E-state index in [9.17, 15) is 9.18 Å². The van der Waals surface area contributed by atoms with Crippen LogP contribution in [0.4, 0.5) is 10.1 Å². The normalized spacial score (nSPS) is 11.3. The SMILES string of the molecule is O=C(Cc1ccccc1)Nc1cncc(-c2cc3c(-c4cc5c(-c6ccc(F)s6)ccnc5[nH]4)n[nH]c3cn2)c1. The second-order valence-electron chi connectivity index (χ2n) is 9.27. The summed E-state index contributed by atoms with van der Waals surface area (Å²) < 4.78 is 13.7. The Labute approximate surface area is 231 Å². The van der Waals surface area contributed by atoms with Crippen molar-refractivity contribution in [2.45, 2.75) is 6.42 Å². The van der Waals surface area contributed by atoms with Crippen molar-refractivity contribution in [3.63, 3.8) is 0 Å². The van der Waals surface area contributed by atoms with E-state index >= 15 is 0 Å². The predicted molar refractivity (Wildman–Crippen MR) is 154 cm³/mol. The largest absolute Gasteiger partial charge is 0.338 e. The topological polar surface area (TPSA) is 112 Å². The minimum absolute atomic E-state index is 0.122. The highest BCUT2D eigenvalue weighted by Crippen LogP contribution is 2.36. The zero-order chi connectivity index (χ0) is 27.1. The van der Waals surface area contributed by atoms with Gasteiger partial charge in [0.2, 0.25) is 5.91 Å². The van der Waals surface area contributed by atoms with E-state index in [0.717, 1.165) is 54.9 Å². The summed E-state index contributed by atoms with van der Waals surface area (Å²) in [4.78, 5) is 30.1. The van der Waals surface area contributed by atoms with E-state index in [0.29, 0.717) is 22.7 Å². The van der Waals surface area contributed by atoms with Gasteiger partial charge < -0.3 is 10.3 Å². The molecule has 6 aromatic heterocycles. The molecular formula is C30H20FN7OS. The van der Waals surface area contributed by atoms with Crippen molar-refractivity contribution < 1.29 is 9.18 Å². The summed E-state index contributed by atoms with van der Waals surface area (Å²) in [5.74, 6) is -0.122. The fraction of sp³-hybridized carbons (Fsp3) is 0.0333. The summed E-state index contributed by atoms with van der Waals surface area (Å²) in [7, 11) is 0. The number of aromatic amines is 2. The number of H-pyrrole nitrogens is 2. The van der Waals surface area contributed by atoms with Crippen LogP contribution in [0.3, 0.4) is 0 Å². The third kappa shape index (κ3) is 4.50. The number of halogens is 1. The van der Waals surface area contributed by atoms with Crippen molar-refractivity contribution in [3.8, 4) is 33.1 Å². The standard InChI is InChI=1S/C30H20FN7OS/c31-27-7-6-26(40-27)20-8-9-33-30-21(20)12-24(36-30)29-22-13-23(34-16-25(22)37-38-29)18-11-19(15-32-14-18)35-28(39)10-17-4-2-1-3-5-17/h1-9,11-16H,10H2,(H,33,36)(H,35,39)(H,37,38). The van der Waals surface area contributed by atoms with Crippen LogP contribution in [-0.4, -0.2) is 36.0 Å². The Morgan fingerprint density at radius 2 is 1.85 bits per heavy atom. The average molecular weight is 546 g/mol. The molecule has 6 heterocycles. The van der Waals surface area contributed by atoms with Crippen molar-refractivity contribution in [3.05, 3.63) is 102 Å². The fourth-order valence-corrected chi connectivity index (χ4v) is 5.51. The van der Waals surface area contributed by atoms with Gasteiger partial charge in [0.25, 0.3) is 0 Å². The molecule has 0 fully saturated rings. The number of amides is 1.